The number of methoxy groups -OCH3 is 1. The van der Waals surface area contributed by atoms with Crippen LogP contribution >= 0.6 is 11.3 Å². The maximum absolute atomic E-state index is 15.5. The fourth-order valence-corrected chi connectivity index (χ4v) is 6.08. The second-order valence-corrected chi connectivity index (χ2v) is 11.1. The highest BCUT2D eigenvalue weighted by molar-refractivity contribution is 7.18. The molecule has 0 aliphatic carbocycles. The van der Waals surface area contributed by atoms with Crippen LogP contribution in [0.2, 0.25) is 0 Å². The van der Waals surface area contributed by atoms with Crippen LogP contribution in [-0.2, 0) is 21.7 Å². The molecule has 204 valence electrons. The van der Waals surface area contributed by atoms with E-state index in [1.165, 1.54) is 28.4 Å². The fourth-order valence-electron chi connectivity index (χ4n) is 4.85. The van der Waals surface area contributed by atoms with Crippen molar-refractivity contribution >= 4 is 51.0 Å². The molecule has 2 atom stereocenters. The van der Waals surface area contributed by atoms with E-state index >= 15 is 4.39 Å². The van der Waals surface area contributed by atoms with E-state index < -0.39 is 41.2 Å². The van der Waals surface area contributed by atoms with E-state index in [1.807, 2.05) is 39.0 Å². The molecule has 2 aliphatic heterocycles. The number of nitrogens with one attached hydrogen (secondary N) is 3. The Morgan fingerprint density at radius 1 is 1.26 bits per heavy atom. The number of carbonyl (C=O) groups is 4. The number of fused-ring (bicyclic) bond motifs is 2. The average Bonchev–Trinajstić information content (AvgIpc) is 3.48. The van der Waals surface area contributed by atoms with Crippen LogP contribution in [0.1, 0.15) is 54.5 Å². The summed E-state index contributed by atoms with van der Waals surface area (Å²) in [5.41, 5.74) is -0.0684. The van der Waals surface area contributed by atoms with Gasteiger partial charge in [0.2, 0.25) is 11.8 Å². The van der Waals surface area contributed by atoms with Crippen molar-refractivity contribution in [3.8, 4) is 5.75 Å². The third-order valence-electron chi connectivity index (χ3n) is 7.47. The van der Waals surface area contributed by atoms with Crippen LogP contribution in [0.15, 0.2) is 30.3 Å². The second kappa shape index (κ2) is 9.92. The first kappa shape index (κ1) is 26.5. The third kappa shape index (κ3) is 4.58. The number of hydrogen-bond acceptors (Lipinski definition) is 7. The first-order chi connectivity index (χ1) is 18.5. The van der Waals surface area contributed by atoms with Gasteiger partial charge in [-0.05, 0) is 43.5 Å². The number of para-hydroxylation sites is 1. The molecule has 39 heavy (non-hydrogen) atoms. The second-order valence-electron chi connectivity index (χ2n) is 10.1. The van der Waals surface area contributed by atoms with Gasteiger partial charge in [-0.3, -0.25) is 19.7 Å². The monoisotopic (exact) mass is 553 g/mol. The summed E-state index contributed by atoms with van der Waals surface area (Å²) < 4.78 is 21.9. The zero-order valence-electron chi connectivity index (χ0n) is 21.9. The van der Waals surface area contributed by atoms with Crippen molar-refractivity contribution in [1.82, 2.24) is 20.5 Å². The largest absolute Gasteiger partial charge is 0.494 e. The number of ether oxygens (including phenoxy) is 1. The van der Waals surface area contributed by atoms with E-state index in [4.69, 9.17) is 9.72 Å². The first-order valence-corrected chi connectivity index (χ1v) is 13.3. The highest BCUT2D eigenvalue weighted by atomic mass is 32.1. The summed E-state index contributed by atoms with van der Waals surface area (Å²) in [5.74, 6) is -1.66. The van der Waals surface area contributed by atoms with Gasteiger partial charge in [0.15, 0.2) is 5.82 Å². The van der Waals surface area contributed by atoms with Gasteiger partial charge in [-0.15, -0.1) is 11.3 Å². The minimum Gasteiger partial charge on any atom is -0.494 e. The fraction of sp³-hybridized carbons (Fsp3) is 0.370. The van der Waals surface area contributed by atoms with E-state index in [9.17, 15) is 19.2 Å². The van der Waals surface area contributed by atoms with Gasteiger partial charge in [-0.2, -0.15) is 0 Å². The van der Waals surface area contributed by atoms with E-state index in [0.717, 1.165) is 4.70 Å². The molecule has 0 saturated carbocycles. The van der Waals surface area contributed by atoms with Crippen LogP contribution in [0.25, 0.3) is 10.2 Å². The molecular weight excluding hydrogens is 525 g/mol. The van der Waals surface area contributed by atoms with Gasteiger partial charge in [-0.25, -0.2) is 14.2 Å². The SMILES string of the molecule is COc1cccc2sc([C@@](C)(NC(=O)Nc3ccc4c(c3F)CN(C3CCC(=O)NC3=O)C4=O)C(C)C)nc12. The zero-order chi connectivity index (χ0) is 28.1. The summed E-state index contributed by atoms with van der Waals surface area (Å²) in [6.07, 6.45) is 0.271. The lowest BCUT2D eigenvalue weighted by atomic mass is 9.89. The molecule has 12 heteroatoms. The van der Waals surface area contributed by atoms with E-state index in [2.05, 4.69) is 16.0 Å². The molecule has 0 spiro atoms. The van der Waals surface area contributed by atoms with Crippen LogP contribution < -0.4 is 20.7 Å². The zero-order valence-corrected chi connectivity index (χ0v) is 22.7. The van der Waals surface area contributed by atoms with Gasteiger partial charge in [0.25, 0.3) is 5.91 Å². The number of amides is 5. The molecule has 1 unspecified atom stereocenters. The number of hydrogen-bond donors (Lipinski definition) is 3. The Kier molecular flexibility index (Phi) is 6.75. The van der Waals surface area contributed by atoms with Crippen molar-refractivity contribution in [3.63, 3.8) is 0 Å². The van der Waals surface area contributed by atoms with Crippen molar-refractivity contribution in [2.75, 3.05) is 12.4 Å². The number of benzene rings is 2. The molecule has 2 aliphatic rings. The number of imide groups is 1. The van der Waals surface area contributed by atoms with Crippen molar-refractivity contribution < 1.29 is 28.3 Å². The van der Waals surface area contributed by atoms with Crippen molar-refractivity contribution in [2.24, 2.45) is 5.92 Å². The molecule has 5 rings (SSSR count). The summed E-state index contributed by atoms with van der Waals surface area (Å²) >= 11 is 1.44. The maximum Gasteiger partial charge on any atom is 0.320 e. The van der Waals surface area contributed by atoms with E-state index in [1.54, 1.807) is 7.11 Å². The van der Waals surface area contributed by atoms with Gasteiger partial charge in [-0.1, -0.05) is 19.9 Å². The number of carbonyl (C=O) groups excluding carboxylic acids is 4. The smallest absolute Gasteiger partial charge is 0.320 e. The number of aromatic nitrogens is 1. The Bertz CT molecular complexity index is 1520. The molecule has 0 bridgehead atoms. The van der Waals surface area contributed by atoms with Gasteiger partial charge in [0.1, 0.15) is 22.3 Å². The summed E-state index contributed by atoms with van der Waals surface area (Å²) in [6, 6.07) is 6.89. The van der Waals surface area contributed by atoms with Crippen LogP contribution in [0, 0.1) is 11.7 Å². The third-order valence-corrected chi connectivity index (χ3v) is 8.73. The molecule has 1 aromatic heterocycles. The topological polar surface area (TPSA) is 130 Å². The molecule has 3 N–H and O–H groups in total. The molecule has 5 amide bonds. The van der Waals surface area contributed by atoms with E-state index in [0.29, 0.717) is 16.3 Å². The Morgan fingerprint density at radius 3 is 2.72 bits per heavy atom. The Hall–Kier alpha value is -4.06. The number of piperidine rings is 1. The normalized spacial score (nSPS) is 18.7. The van der Waals surface area contributed by atoms with E-state index in [-0.39, 0.29) is 42.1 Å². The molecule has 3 aromatic rings. The number of nitrogens with zero attached hydrogens (tertiary/aromatic N) is 2. The molecule has 10 nitrogen and oxygen atoms in total. The molecule has 0 radical (unpaired) electrons. The Morgan fingerprint density at radius 2 is 2.03 bits per heavy atom. The van der Waals surface area contributed by atoms with Gasteiger partial charge in [0, 0.05) is 17.5 Å². The number of anilines is 1. The summed E-state index contributed by atoms with van der Waals surface area (Å²) in [6.45, 7) is 5.63. The predicted octanol–water partition coefficient (Wildman–Crippen LogP) is 3.90. The quantitative estimate of drug-likeness (QED) is 0.397. The van der Waals surface area contributed by atoms with Crippen LogP contribution in [0.4, 0.5) is 14.9 Å². The highest BCUT2D eigenvalue weighted by Gasteiger charge is 2.41. The van der Waals surface area contributed by atoms with Crippen molar-refractivity contribution in [3.05, 3.63) is 52.3 Å². The minimum absolute atomic E-state index is 0.0700. The Balaban J connectivity index is 1.36. The lowest BCUT2D eigenvalue weighted by molar-refractivity contribution is -0.136. The standard InChI is InChI=1S/C27H28FN5O5S/c1-13(2)27(3,25-31-22-18(38-4)6-5-7-19(22)39-25)32-26(37)29-16-9-8-14-15(21(16)28)12-33(24(14)36)17-10-11-20(34)30-23(17)35/h5-9,13,17H,10-12H2,1-4H3,(H2,29,32,37)(H,30,34,35)/t17?,27-/m0/s1. The Labute approximate surface area is 227 Å². The average molecular weight is 554 g/mol. The molecule has 1 fully saturated rings. The number of halogens is 1. The van der Waals surface area contributed by atoms with Crippen molar-refractivity contribution in [1.29, 1.82) is 0 Å². The summed E-state index contributed by atoms with van der Waals surface area (Å²) in [7, 11) is 1.57. The molecule has 3 heterocycles. The van der Waals surface area contributed by atoms with Gasteiger partial charge in [0.05, 0.1) is 29.6 Å². The number of rotatable bonds is 6. The summed E-state index contributed by atoms with van der Waals surface area (Å²) in [4.78, 5) is 55.9. The lowest BCUT2D eigenvalue weighted by Crippen LogP contribution is -2.52. The maximum atomic E-state index is 15.5. The predicted molar refractivity (Wildman–Crippen MR) is 143 cm³/mol. The van der Waals surface area contributed by atoms with Crippen LogP contribution in [0.3, 0.4) is 0 Å². The molecule has 1 saturated heterocycles. The number of thiazole rings is 1. The van der Waals surface area contributed by atoms with Crippen molar-refractivity contribution in [2.45, 2.75) is 51.7 Å². The lowest BCUT2D eigenvalue weighted by Gasteiger charge is -2.32. The van der Waals surface area contributed by atoms with Gasteiger partial charge >= 0.3 is 6.03 Å². The minimum atomic E-state index is -0.884. The highest BCUT2D eigenvalue weighted by Crippen LogP contribution is 2.38. The first-order valence-electron chi connectivity index (χ1n) is 12.5. The summed E-state index contributed by atoms with van der Waals surface area (Å²) in [5, 5.41) is 8.43. The van der Waals surface area contributed by atoms with Gasteiger partial charge < -0.3 is 20.3 Å². The number of urea groups is 1. The molecule has 2 aromatic carbocycles. The van der Waals surface area contributed by atoms with Crippen LogP contribution in [-0.4, -0.2) is 46.8 Å². The molecular formula is C27H28FN5O5S. The van der Waals surface area contributed by atoms with Crippen LogP contribution in [0.5, 0.6) is 5.75 Å².